The number of nitrogens with zero attached hydrogens (tertiary/aromatic N) is 2. The molecule has 3 rings (SSSR count). The lowest BCUT2D eigenvalue weighted by Gasteiger charge is -2.09. The molecule has 1 atom stereocenters. The fourth-order valence-corrected chi connectivity index (χ4v) is 4.21. The molecule has 0 saturated carbocycles. The smallest absolute Gasteiger partial charge is 0.269 e. The lowest BCUT2D eigenvalue weighted by molar-refractivity contribution is -0.125. The summed E-state index contributed by atoms with van der Waals surface area (Å²) in [5, 5.41) is 16.6. The van der Waals surface area contributed by atoms with Crippen molar-refractivity contribution in [1.82, 2.24) is 0 Å². The second kappa shape index (κ2) is 7.44. The van der Waals surface area contributed by atoms with Gasteiger partial charge in [0.15, 0.2) is 0 Å². The number of amides is 1. The van der Waals surface area contributed by atoms with Crippen LogP contribution in [0.4, 0.5) is 9.39 Å². The Bertz CT molecular complexity index is 928. The molecule has 1 aromatic heterocycles. The maximum atomic E-state index is 14.0. The number of nitriles is 1. The molecular weight excluding hydrogens is 377 g/mol. The van der Waals surface area contributed by atoms with Crippen molar-refractivity contribution in [1.29, 1.82) is 5.26 Å². The van der Waals surface area contributed by atoms with Crippen LogP contribution in [0.1, 0.15) is 34.9 Å². The lowest BCUT2D eigenvalue weighted by Crippen LogP contribution is -2.28. The van der Waals surface area contributed by atoms with Crippen molar-refractivity contribution in [2.45, 2.75) is 32.8 Å². The fourth-order valence-electron chi connectivity index (χ4n) is 2.84. The van der Waals surface area contributed by atoms with Gasteiger partial charge in [-0.05, 0) is 31.0 Å². The molecule has 0 fully saturated rings. The molecular formula is C18H15ClFN3O2S. The van der Waals surface area contributed by atoms with Crippen molar-refractivity contribution < 1.29 is 14.0 Å². The molecule has 0 radical (unpaired) electrons. The number of aryl methyl sites for hydroxylation is 1. The van der Waals surface area contributed by atoms with Gasteiger partial charge in [-0.3, -0.25) is 4.79 Å². The molecule has 8 heteroatoms. The monoisotopic (exact) mass is 391 g/mol. The Morgan fingerprint density at radius 3 is 3.00 bits per heavy atom. The first kappa shape index (κ1) is 18.4. The number of carbonyl (C=O) groups is 1. The summed E-state index contributed by atoms with van der Waals surface area (Å²) in [5.41, 5.74) is 1.82. The molecule has 2 aromatic rings. The summed E-state index contributed by atoms with van der Waals surface area (Å²) in [6, 6.07) is 6.46. The van der Waals surface area contributed by atoms with E-state index in [0.29, 0.717) is 17.0 Å². The maximum absolute atomic E-state index is 14.0. The first-order chi connectivity index (χ1) is 12.5. The highest BCUT2D eigenvalue weighted by Gasteiger charge is 2.32. The largest absolute Gasteiger partial charge is 0.382 e. The van der Waals surface area contributed by atoms with E-state index in [-0.39, 0.29) is 22.7 Å². The van der Waals surface area contributed by atoms with Gasteiger partial charge in [-0.2, -0.15) is 5.26 Å². The van der Waals surface area contributed by atoms with Crippen LogP contribution in [0.3, 0.4) is 0 Å². The number of nitrogens with one attached hydrogen (secondary N) is 1. The van der Waals surface area contributed by atoms with Gasteiger partial charge in [-0.1, -0.05) is 29.7 Å². The van der Waals surface area contributed by atoms with Crippen LogP contribution in [0.5, 0.6) is 0 Å². The summed E-state index contributed by atoms with van der Waals surface area (Å²) in [5.74, 6) is -0.953. The van der Waals surface area contributed by atoms with Crippen molar-refractivity contribution in [3.63, 3.8) is 0 Å². The van der Waals surface area contributed by atoms with Gasteiger partial charge in [-0.15, -0.1) is 11.3 Å². The van der Waals surface area contributed by atoms with Crippen LogP contribution in [0.25, 0.3) is 0 Å². The van der Waals surface area contributed by atoms with Crippen molar-refractivity contribution in [2.24, 2.45) is 5.16 Å². The number of hydrogen-bond acceptors (Lipinski definition) is 5. The zero-order valence-electron chi connectivity index (χ0n) is 14.1. The quantitative estimate of drug-likeness (QED) is 0.838. The van der Waals surface area contributed by atoms with Crippen LogP contribution in [-0.4, -0.2) is 17.7 Å². The van der Waals surface area contributed by atoms with Crippen LogP contribution >= 0.6 is 22.9 Å². The number of anilines is 1. The number of carbonyl (C=O) groups excluding carboxylic acids is 1. The average molecular weight is 392 g/mol. The molecule has 1 N–H and O–H groups in total. The third-order valence-corrected chi connectivity index (χ3v) is 5.50. The molecule has 0 saturated heterocycles. The molecule has 26 heavy (non-hydrogen) atoms. The minimum Gasteiger partial charge on any atom is -0.382 e. The Balaban J connectivity index is 1.75. The highest BCUT2D eigenvalue weighted by atomic mass is 35.5. The van der Waals surface area contributed by atoms with E-state index in [4.69, 9.17) is 16.4 Å². The molecule has 0 bridgehead atoms. The summed E-state index contributed by atoms with van der Waals surface area (Å²) >= 11 is 7.38. The van der Waals surface area contributed by atoms with E-state index < -0.39 is 17.8 Å². The van der Waals surface area contributed by atoms with E-state index in [1.807, 2.05) is 13.8 Å². The number of rotatable bonds is 4. The molecule has 5 nitrogen and oxygen atoms in total. The van der Waals surface area contributed by atoms with E-state index in [0.717, 1.165) is 10.4 Å². The fraction of sp³-hybridized carbons (Fsp3) is 0.278. The average Bonchev–Trinajstić information content (AvgIpc) is 3.19. The normalized spacial score (nSPS) is 16.0. The van der Waals surface area contributed by atoms with Gasteiger partial charge in [0, 0.05) is 11.3 Å². The van der Waals surface area contributed by atoms with Crippen LogP contribution in [0.15, 0.2) is 23.4 Å². The van der Waals surface area contributed by atoms with E-state index in [9.17, 15) is 14.4 Å². The summed E-state index contributed by atoms with van der Waals surface area (Å²) in [4.78, 5) is 18.7. The molecule has 1 aliphatic heterocycles. The summed E-state index contributed by atoms with van der Waals surface area (Å²) in [6.45, 7) is 3.87. The molecule has 1 amide bonds. The van der Waals surface area contributed by atoms with Gasteiger partial charge in [0.2, 0.25) is 6.10 Å². The minimum atomic E-state index is -0.903. The Hall–Kier alpha value is -2.43. The molecule has 134 valence electrons. The van der Waals surface area contributed by atoms with E-state index in [2.05, 4.69) is 16.5 Å². The van der Waals surface area contributed by atoms with Gasteiger partial charge < -0.3 is 10.2 Å². The highest BCUT2D eigenvalue weighted by molar-refractivity contribution is 7.16. The number of benzene rings is 1. The zero-order chi connectivity index (χ0) is 18.8. The van der Waals surface area contributed by atoms with Gasteiger partial charge in [0.1, 0.15) is 16.9 Å². The van der Waals surface area contributed by atoms with Gasteiger partial charge >= 0.3 is 0 Å². The van der Waals surface area contributed by atoms with E-state index >= 15 is 0 Å². The maximum Gasteiger partial charge on any atom is 0.269 e. The zero-order valence-corrected chi connectivity index (χ0v) is 15.7. The number of halogens is 2. The van der Waals surface area contributed by atoms with E-state index in [1.54, 1.807) is 6.07 Å². The van der Waals surface area contributed by atoms with E-state index in [1.165, 1.54) is 23.5 Å². The van der Waals surface area contributed by atoms with Crippen LogP contribution < -0.4 is 5.32 Å². The standard InChI is InChI=1S/C18H15ClFN3O2S/c1-3-10-9(2)26-18(11(10)8-21)22-17(24)15-7-14(23-25-15)16-12(19)5-4-6-13(16)20/h4-6,15H,3,7H2,1-2H3,(H,22,24)/t15-/m0/s1. The predicted molar refractivity (Wildman–Crippen MR) is 99.2 cm³/mol. The van der Waals surface area contributed by atoms with Crippen LogP contribution in [-0.2, 0) is 16.1 Å². The Morgan fingerprint density at radius 1 is 1.58 bits per heavy atom. The van der Waals surface area contributed by atoms with Crippen LogP contribution in [0, 0.1) is 24.1 Å². The van der Waals surface area contributed by atoms with Crippen molar-refractivity contribution in [3.8, 4) is 6.07 Å². The van der Waals surface area contributed by atoms with Crippen molar-refractivity contribution >= 4 is 39.6 Å². The number of oxime groups is 1. The van der Waals surface area contributed by atoms with Crippen molar-refractivity contribution in [3.05, 3.63) is 50.6 Å². The molecule has 1 aliphatic rings. The molecule has 2 heterocycles. The second-order valence-corrected chi connectivity index (χ2v) is 7.36. The third-order valence-electron chi connectivity index (χ3n) is 4.12. The predicted octanol–water partition coefficient (Wildman–Crippen LogP) is 4.41. The van der Waals surface area contributed by atoms with Gasteiger partial charge in [0.25, 0.3) is 5.91 Å². The topological polar surface area (TPSA) is 74.5 Å². The van der Waals surface area contributed by atoms with Crippen molar-refractivity contribution in [2.75, 3.05) is 5.32 Å². The first-order valence-electron chi connectivity index (χ1n) is 7.96. The molecule has 0 spiro atoms. The summed E-state index contributed by atoms with van der Waals surface area (Å²) < 4.78 is 14.0. The number of hydrogen-bond donors (Lipinski definition) is 1. The first-order valence-corrected chi connectivity index (χ1v) is 9.16. The molecule has 1 aromatic carbocycles. The van der Waals surface area contributed by atoms with Crippen LogP contribution in [0.2, 0.25) is 5.02 Å². The van der Waals surface area contributed by atoms with Gasteiger partial charge in [0.05, 0.1) is 21.9 Å². The SMILES string of the molecule is CCc1c(C)sc(NC(=O)[C@@H]2CC(c3c(F)cccc3Cl)=NO2)c1C#N. The molecule has 0 aliphatic carbocycles. The number of thiophene rings is 1. The Morgan fingerprint density at radius 2 is 2.35 bits per heavy atom. The molecule has 0 unspecified atom stereocenters. The summed E-state index contributed by atoms with van der Waals surface area (Å²) in [6.07, 6.45) is -0.0981. The third kappa shape index (κ3) is 3.30. The second-order valence-electron chi connectivity index (χ2n) is 5.73. The van der Waals surface area contributed by atoms with Gasteiger partial charge in [-0.25, -0.2) is 4.39 Å². The highest BCUT2D eigenvalue weighted by Crippen LogP contribution is 2.33. The lowest BCUT2D eigenvalue weighted by atomic mass is 10.0. The summed E-state index contributed by atoms with van der Waals surface area (Å²) in [7, 11) is 0. The Kier molecular flexibility index (Phi) is 5.25. The minimum absolute atomic E-state index is 0.0966. The Labute approximate surface area is 159 Å².